The van der Waals surface area contributed by atoms with E-state index >= 15 is 0 Å². The van der Waals surface area contributed by atoms with Crippen molar-refractivity contribution in [2.24, 2.45) is 0 Å². The van der Waals surface area contributed by atoms with Crippen molar-refractivity contribution in [3.05, 3.63) is 57.1 Å². The molecule has 4 heterocycles. The molecule has 1 fully saturated rings. The van der Waals surface area contributed by atoms with Gasteiger partial charge in [-0.1, -0.05) is 5.16 Å². The lowest BCUT2D eigenvalue weighted by atomic mass is 9.91. The Hall–Kier alpha value is -2.91. The molecule has 2 aliphatic rings. The third-order valence-electron chi connectivity index (χ3n) is 6.74. The molecule has 32 heavy (non-hydrogen) atoms. The topological polar surface area (TPSA) is 101 Å². The van der Waals surface area contributed by atoms with Gasteiger partial charge in [0, 0.05) is 48.1 Å². The van der Waals surface area contributed by atoms with Gasteiger partial charge in [-0.3, -0.25) is 14.2 Å². The number of Topliss-reactive ketones (excluding diaryl/α,β-unsaturated/α-hetero) is 1. The van der Waals surface area contributed by atoms with Crippen molar-refractivity contribution >= 4 is 16.8 Å². The molecule has 1 N–H and O–H groups in total. The van der Waals surface area contributed by atoms with Crippen LogP contribution < -0.4 is 5.56 Å². The fraction of sp³-hybridized carbons (Fsp3) is 0.478. The summed E-state index contributed by atoms with van der Waals surface area (Å²) in [7, 11) is 0. The van der Waals surface area contributed by atoms with Crippen LogP contribution in [0.25, 0.3) is 11.0 Å². The lowest BCUT2D eigenvalue weighted by Gasteiger charge is -2.31. The average Bonchev–Trinajstić information content (AvgIpc) is 3.20. The molecule has 1 saturated heterocycles. The van der Waals surface area contributed by atoms with E-state index in [0.717, 1.165) is 43.6 Å². The molecule has 168 valence electrons. The number of hydrogen-bond acceptors (Lipinski definition) is 7. The van der Waals surface area contributed by atoms with Gasteiger partial charge in [0.25, 0.3) is 5.56 Å². The first-order valence-electron chi connectivity index (χ1n) is 11.0. The molecule has 2 aliphatic heterocycles. The van der Waals surface area contributed by atoms with Gasteiger partial charge in [-0.25, -0.2) is 9.37 Å². The van der Waals surface area contributed by atoms with Gasteiger partial charge in [-0.2, -0.15) is 0 Å². The van der Waals surface area contributed by atoms with Gasteiger partial charge in [-0.15, -0.1) is 0 Å². The van der Waals surface area contributed by atoms with E-state index in [2.05, 4.69) is 15.0 Å². The summed E-state index contributed by atoms with van der Waals surface area (Å²) in [6, 6.07) is 4.52. The molecule has 3 aromatic rings. The number of aliphatic hydroxyl groups excluding tert-OH is 1. The minimum atomic E-state index is -1.31. The molecule has 0 amide bonds. The Morgan fingerprint density at radius 1 is 1.22 bits per heavy atom. The maximum Gasteiger partial charge on any atom is 0.257 e. The van der Waals surface area contributed by atoms with E-state index in [1.165, 1.54) is 16.7 Å². The summed E-state index contributed by atoms with van der Waals surface area (Å²) in [6.45, 7) is 4.49. The fourth-order valence-electron chi connectivity index (χ4n) is 4.86. The van der Waals surface area contributed by atoms with Crippen LogP contribution in [0.2, 0.25) is 0 Å². The van der Waals surface area contributed by atoms with E-state index in [1.807, 2.05) is 0 Å². The molecule has 0 aliphatic carbocycles. The molecule has 0 bridgehead atoms. The van der Waals surface area contributed by atoms with E-state index in [-0.39, 0.29) is 41.9 Å². The quantitative estimate of drug-likeness (QED) is 0.664. The number of aromatic nitrogens is 3. The minimum Gasteiger partial charge on any atom is -0.377 e. The highest BCUT2D eigenvalue weighted by Gasteiger charge is 2.30. The highest BCUT2D eigenvalue weighted by atomic mass is 19.1. The molecule has 1 atom stereocenters. The average molecular weight is 440 g/mol. The number of aliphatic hydroxyl groups is 1. The lowest BCUT2D eigenvalue weighted by molar-refractivity contribution is -0.129. The van der Waals surface area contributed by atoms with Gasteiger partial charge < -0.3 is 14.5 Å². The molecule has 1 unspecified atom stereocenters. The van der Waals surface area contributed by atoms with Crippen molar-refractivity contribution in [3.63, 3.8) is 0 Å². The molecule has 0 saturated carbocycles. The number of ketones is 1. The minimum absolute atomic E-state index is 0.148. The number of carbonyl (C=O) groups is 1. The molecular formula is C23H25FN4O4. The van der Waals surface area contributed by atoms with Gasteiger partial charge in [0.2, 0.25) is 0 Å². The Morgan fingerprint density at radius 3 is 2.78 bits per heavy atom. The van der Waals surface area contributed by atoms with Gasteiger partial charge >= 0.3 is 0 Å². The van der Waals surface area contributed by atoms with Crippen molar-refractivity contribution in [1.82, 2.24) is 19.6 Å². The summed E-state index contributed by atoms with van der Waals surface area (Å²) in [5.41, 5.74) is 2.43. The second-order valence-corrected chi connectivity index (χ2v) is 8.68. The van der Waals surface area contributed by atoms with Crippen LogP contribution in [0, 0.1) is 12.7 Å². The summed E-state index contributed by atoms with van der Waals surface area (Å²) in [4.78, 5) is 31.4. The predicted molar refractivity (Wildman–Crippen MR) is 114 cm³/mol. The third kappa shape index (κ3) is 3.65. The Kier molecular flexibility index (Phi) is 5.38. The largest absolute Gasteiger partial charge is 0.377 e. The maximum absolute atomic E-state index is 13.4. The number of nitrogens with zero attached hydrogens (tertiary/aromatic N) is 4. The van der Waals surface area contributed by atoms with Crippen molar-refractivity contribution in [3.8, 4) is 0 Å². The number of fused-ring (bicyclic) bond motifs is 2. The Bertz CT molecular complexity index is 1240. The molecule has 5 rings (SSSR count). The van der Waals surface area contributed by atoms with Crippen molar-refractivity contribution in [2.45, 2.75) is 51.2 Å². The predicted octanol–water partition coefficient (Wildman–Crippen LogP) is 2.26. The molecule has 0 spiro atoms. The summed E-state index contributed by atoms with van der Waals surface area (Å²) in [6.07, 6.45) is 1.22. The van der Waals surface area contributed by atoms with Crippen LogP contribution in [-0.2, 0) is 17.8 Å². The first kappa shape index (κ1) is 21.0. The zero-order valence-electron chi connectivity index (χ0n) is 17.9. The zero-order chi connectivity index (χ0) is 22.4. The maximum atomic E-state index is 13.4. The van der Waals surface area contributed by atoms with Crippen molar-refractivity contribution in [2.75, 3.05) is 19.6 Å². The number of hydrogen-bond donors (Lipinski definition) is 1. The van der Waals surface area contributed by atoms with Crippen LogP contribution in [0.15, 0.2) is 27.5 Å². The van der Waals surface area contributed by atoms with Gasteiger partial charge in [-0.05, 0) is 51.4 Å². The summed E-state index contributed by atoms with van der Waals surface area (Å²) in [5, 5.41) is 15.1. The summed E-state index contributed by atoms with van der Waals surface area (Å²) >= 11 is 0. The summed E-state index contributed by atoms with van der Waals surface area (Å²) < 4.78 is 20.2. The monoisotopic (exact) mass is 440 g/mol. The SMILES string of the molecule is Cc1nc2n(c(=O)c1CCN1CCC(c3noc4cc(F)ccc34)CC1)CCC(=O)C2O. The number of benzene rings is 1. The van der Waals surface area contributed by atoms with E-state index < -0.39 is 6.10 Å². The Labute approximate surface area is 183 Å². The van der Waals surface area contributed by atoms with Crippen molar-refractivity contribution < 1.29 is 18.8 Å². The number of aryl methyl sites for hydroxylation is 1. The lowest BCUT2D eigenvalue weighted by Crippen LogP contribution is -2.39. The van der Waals surface area contributed by atoms with Gasteiger partial charge in [0.1, 0.15) is 11.6 Å². The number of carbonyl (C=O) groups excluding carboxylic acids is 1. The second kappa shape index (κ2) is 8.22. The zero-order valence-corrected chi connectivity index (χ0v) is 17.9. The number of rotatable bonds is 4. The van der Waals surface area contributed by atoms with E-state index in [0.29, 0.717) is 23.3 Å². The molecule has 8 nitrogen and oxygen atoms in total. The number of likely N-dealkylation sites (tertiary alicyclic amines) is 1. The van der Waals surface area contributed by atoms with Crippen LogP contribution >= 0.6 is 0 Å². The van der Waals surface area contributed by atoms with E-state index in [9.17, 15) is 19.1 Å². The first-order chi connectivity index (χ1) is 15.4. The number of piperidine rings is 1. The highest BCUT2D eigenvalue weighted by Crippen LogP contribution is 2.32. The highest BCUT2D eigenvalue weighted by molar-refractivity contribution is 5.84. The van der Waals surface area contributed by atoms with Crippen LogP contribution in [0.4, 0.5) is 4.39 Å². The third-order valence-corrected chi connectivity index (χ3v) is 6.74. The van der Waals surface area contributed by atoms with E-state index in [4.69, 9.17) is 4.52 Å². The molecule has 0 radical (unpaired) electrons. The smallest absolute Gasteiger partial charge is 0.257 e. The van der Waals surface area contributed by atoms with Crippen LogP contribution in [-0.4, -0.2) is 50.1 Å². The number of halogens is 1. The second-order valence-electron chi connectivity index (χ2n) is 8.68. The van der Waals surface area contributed by atoms with Crippen molar-refractivity contribution in [1.29, 1.82) is 0 Å². The van der Waals surface area contributed by atoms with Gasteiger partial charge in [0.05, 0.1) is 5.69 Å². The van der Waals surface area contributed by atoms with Gasteiger partial charge in [0.15, 0.2) is 17.5 Å². The van der Waals surface area contributed by atoms with Crippen LogP contribution in [0.1, 0.15) is 54.1 Å². The summed E-state index contributed by atoms with van der Waals surface area (Å²) in [5.74, 6) is -0.210. The standard InChI is InChI=1S/C23H25FN4O4/c1-13-16(23(31)28-11-7-18(29)21(30)22(28)25-13)6-10-27-8-4-14(5-9-27)20-17-3-2-15(24)12-19(17)32-26-20/h2-3,12,14,21,30H,4-11H2,1H3. The Morgan fingerprint density at radius 2 is 2.00 bits per heavy atom. The van der Waals surface area contributed by atoms with E-state index in [1.54, 1.807) is 13.0 Å². The Balaban J connectivity index is 1.25. The normalized spacial score (nSPS) is 20.1. The molecule has 9 heteroatoms. The molecule has 2 aromatic heterocycles. The fourth-order valence-corrected chi connectivity index (χ4v) is 4.86. The van der Waals surface area contributed by atoms with Crippen LogP contribution in [0.3, 0.4) is 0 Å². The first-order valence-corrected chi connectivity index (χ1v) is 11.0. The molecule has 1 aromatic carbocycles. The molecular weight excluding hydrogens is 415 g/mol. The van der Waals surface area contributed by atoms with Crippen LogP contribution in [0.5, 0.6) is 0 Å².